The SMILES string of the molecule is CCOC(=O)c1sc(-c2ccn3ncc(C)c3c2)nc1C. The molecule has 0 fully saturated rings. The highest BCUT2D eigenvalue weighted by Crippen LogP contribution is 2.29. The van der Waals surface area contributed by atoms with E-state index in [4.69, 9.17) is 4.74 Å². The molecule has 0 saturated carbocycles. The standard InChI is InChI=1S/C15H15N3O2S/c1-4-20-15(19)13-10(3)17-14(21-13)11-5-6-18-12(7-11)9(2)8-16-18/h5-8H,4H2,1-3H3. The number of hydrogen-bond acceptors (Lipinski definition) is 5. The van der Waals surface area contributed by atoms with Gasteiger partial charge in [0, 0.05) is 11.8 Å². The van der Waals surface area contributed by atoms with Crippen molar-refractivity contribution < 1.29 is 9.53 Å². The Balaban J connectivity index is 2.04. The third-order valence-electron chi connectivity index (χ3n) is 3.22. The van der Waals surface area contributed by atoms with Crippen LogP contribution in [0, 0.1) is 13.8 Å². The van der Waals surface area contributed by atoms with Gasteiger partial charge >= 0.3 is 5.97 Å². The molecule has 0 N–H and O–H groups in total. The number of nitrogens with zero attached hydrogens (tertiary/aromatic N) is 3. The molecule has 6 heteroatoms. The lowest BCUT2D eigenvalue weighted by Crippen LogP contribution is -2.03. The van der Waals surface area contributed by atoms with Gasteiger partial charge in [0.05, 0.1) is 24.0 Å². The Hall–Kier alpha value is -2.21. The van der Waals surface area contributed by atoms with Crippen molar-refractivity contribution in [2.45, 2.75) is 20.8 Å². The summed E-state index contributed by atoms with van der Waals surface area (Å²) in [5.74, 6) is -0.305. The van der Waals surface area contributed by atoms with Gasteiger partial charge in [0.2, 0.25) is 0 Å². The topological polar surface area (TPSA) is 56.5 Å². The quantitative estimate of drug-likeness (QED) is 0.697. The molecule has 0 aromatic carbocycles. The molecule has 0 aliphatic rings. The van der Waals surface area contributed by atoms with Gasteiger partial charge in [-0.25, -0.2) is 14.3 Å². The average molecular weight is 301 g/mol. The number of aryl methyl sites for hydroxylation is 2. The number of carbonyl (C=O) groups is 1. The molecule has 108 valence electrons. The molecule has 0 aliphatic heterocycles. The molecule has 0 saturated heterocycles. The third-order valence-corrected chi connectivity index (χ3v) is 4.41. The van der Waals surface area contributed by atoms with Crippen LogP contribution in [0.25, 0.3) is 16.1 Å². The summed E-state index contributed by atoms with van der Waals surface area (Å²) in [6.45, 7) is 6.01. The van der Waals surface area contributed by atoms with Gasteiger partial charge in [0.1, 0.15) is 9.88 Å². The van der Waals surface area contributed by atoms with Crippen LogP contribution in [-0.2, 0) is 4.74 Å². The highest BCUT2D eigenvalue weighted by atomic mass is 32.1. The van der Waals surface area contributed by atoms with E-state index in [1.165, 1.54) is 11.3 Å². The number of hydrogen-bond donors (Lipinski definition) is 0. The Kier molecular flexibility index (Phi) is 3.47. The van der Waals surface area contributed by atoms with Crippen LogP contribution in [0.5, 0.6) is 0 Å². The van der Waals surface area contributed by atoms with E-state index in [1.54, 1.807) is 6.92 Å². The normalized spacial score (nSPS) is 11.0. The van der Waals surface area contributed by atoms with Crippen LogP contribution in [0.1, 0.15) is 27.9 Å². The van der Waals surface area contributed by atoms with Crippen molar-refractivity contribution in [2.24, 2.45) is 0 Å². The first-order valence-corrected chi connectivity index (χ1v) is 7.50. The smallest absolute Gasteiger partial charge is 0.350 e. The first-order chi connectivity index (χ1) is 10.1. The van der Waals surface area contributed by atoms with Gasteiger partial charge in [0.15, 0.2) is 0 Å². The molecule has 3 heterocycles. The fourth-order valence-corrected chi connectivity index (χ4v) is 3.10. The molecule has 0 radical (unpaired) electrons. The molecule has 3 aromatic rings. The van der Waals surface area contributed by atoms with Gasteiger partial charge in [-0.1, -0.05) is 0 Å². The minimum Gasteiger partial charge on any atom is -0.462 e. The van der Waals surface area contributed by atoms with Crippen molar-refractivity contribution in [3.8, 4) is 10.6 Å². The minimum atomic E-state index is -0.305. The summed E-state index contributed by atoms with van der Waals surface area (Å²) in [6, 6.07) is 3.99. The summed E-state index contributed by atoms with van der Waals surface area (Å²) in [4.78, 5) is 16.9. The summed E-state index contributed by atoms with van der Waals surface area (Å²) >= 11 is 1.36. The Labute approximate surface area is 126 Å². The van der Waals surface area contributed by atoms with E-state index in [0.29, 0.717) is 17.2 Å². The second-order valence-electron chi connectivity index (χ2n) is 4.73. The van der Waals surface area contributed by atoms with E-state index in [1.807, 2.05) is 42.9 Å². The lowest BCUT2D eigenvalue weighted by Gasteiger charge is -1.99. The third kappa shape index (κ3) is 2.42. The van der Waals surface area contributed by atoms with Crippen LogP contribution in [0.2, 0.25) is 0 Å². The Morgan fingerprint density at radius 3 is 3.00 bits per heavy atom. The first kappa shape index (κ1) is 13.8. The zero-order valence-electron chi connectivity index (χ0n) is 12.1. The monoisotopic (exact) mass is 301 g/mol. The van der Waals surface area contributed by atoms with Crippen LogP contribution in [0.4, 0.5) is 0 Å². The Bertz CT molecular complexity index is 820. The lowest BCUT2D eigenvalue weighted by molar-refractivity contribution is 0.0531. The molecule has 3 aromatic heterocycles. The predicted molar refractivity (Wildman–Crippen MR) is 81.7 cm³/mol. The maximum Gasteiger partial charge on any atom is 0.350 e. The Morgan fingerprint density at radius 1 is 1.43 bits per heavy atom. The van der Waals surface area contributed by atoms with E-state index < -0.39 is 0 Å². The number of fused-ring (bicyclic) bond motifs is 1. The first-order valence-electron chi connectivity index (χ1n) is 6.69. The fourth-order valence-electron chi connectivity index (χ4n) is 2.14. The molecule has 3 rings (SSSR count). The number of rotatable bonds is 3. The van der Waals surface area contributed by atoms with E-state index >= 15 is 0 Å². The van der Waals surface area contributed by atoms with Crippen molar-refractivity contribution in [3.05, 3.63) is 40.7 Å². The van der Waals surface area contributed by atoms with Crippen LogP contribution in [0.15, 0.2) is 24.5 Å². The largest absolute Gasteiger partial charge is 0.462 e. The molecule has 0 amide bonds. The number of thiazole rings is 1. The Morgan fingerprint density at radius 2 is 2.24 bits per heavy atom. The molecule has 21 heavy (non-hydrogen) atoms. The molecule has 0 aliphatic carbocycles. The van der Waals surface area contributed by atoms with E-state index in [9.17, 15) is 4.79 Å². The predicted octanol–water partition coefficient (Wildman–Crippen LogP) is 3.25. The summed E-state index contributed by atoms with van der Waals surface area (Å²) in [5.41, 5.74) is 3.84. The van der Waals surface area contributed by atoms with Crippen LogP contribution >= 0.6 is 11.3 Å². The van der Waals surface area contributed by atoms with Gasteiger partial charge in [-0.05, 0) is 38.5 Å². The van der Waals surface area contributed by atoms with Gasteiger partial charge in [-0.3, -0.25) is 0 Å². The highest BCUT2D eigenvalue weighted by Gasteiger charge is 2.17. The molecular formula is C15H15N3O2S. The maximum absolute atomic E-state index is 11.9. The van der Waals surface area contributed by atoms with Crippen LogP contribution < -0.4 is 0 Å². The molecule has 0 bridgehead atoms. The molecule has 0 unspecified atom stereocenters. The molecular weight excluding hydrogens is 286 g/mol. The summed E-state index contributed by atoms with van der Waals surface area (Å²) in [7, 11) is 0. The van der Waals surface area contributed by atoms with Gasteiger partial charge in [-0.2, -0.15) is 5.10 Å². The number of pyridine rings is 1. The highest BCUT2D eigenvalue weighted by molar-refractivity contribution is 7.17. The maximum atomic E-state index is 11.9. The average Bonchev–Trinajstić information content (AvgIpc) is 3.03. The lowest BCUT2D eigenvalue weighted by atomic mass is 10.2. The van der Waals surface area contributed by atoms with Crippen LogP contribution in [0.3, 0.4) is 0 Å². The van der Waals surface area contributed by atoms with E-state index in [0.717, 1.165) is 21.7 Å². The molecule has 0 atom stereocenters. The summed E-state index contributed by atoms with van der Waals surface area (Å²) in [6.07, 6.45) is 3.73. The van der Waals surface area contributed by atoms with Gasteiger partial charge in [-0.15, -0.1) is 11.3 Å². The van der Waals surface area contributed by atoms with Crippen molar-refractivity contribution in [2.75, 3.05) is 6.61 Å². The van der Waals surface area contributed by atoms with Gasteiger partial charge in [0.25, 0.3) is 0 Å². The zero-order chi connectivity index (χ0) is 15.0. The number of aromatic nitrogens is 3. The second kappa shape index (κ2) is 5.29. The van der Waals surface area contributed by atoms with Crippen molar-refractivity contribution in [1.29, 1.82) is 0 Å². The minimum absolute atomic E-state index is 0.305. The van der Waals surface area contributed by atoms with Crippen molar-refractivity contribution >= 4 is 22.8 Å². The van der Waals surface area contributed by atoms with Crippen molar-refractivity contribution in [1.82, 2.24) is 14.6 Å². The van der Waals surface area contributed by atoms with E-state index in [2.05, 4.69) is 10.1 Å². The fraction of sp³-hybridized carbons (Fsp3) is 0.267. The molecule has 0 spiro atoms. The number of ether oxygens (including phenoxy) is 1. The number of carbonyl (C=O) groups excluding carboxylic acids is 1. The summed E-state index contributed by atoms with van der Waals surface area (Å²) in [5, 5.41) is 5.07. The van der Waals surface area contributed by atoms with Gasteiger partial charge < -0.3 is 4.74 Å². The second-order valence-corrected chi connectivity index (χ2v) is 5.73. The summed E-state index contributed by atoms with van der Waals surface area (Å²) < 4.78 is 6.88. The van der Waals surface area contributed by atoms with Crippen molar-refractivity contribution in [3.63, 3.8) is 0 Å². The zero-order valence-corrected chi connectivity index (χ0v) is 12.9. The van der Waals surface area contributed by atoms with Crippen LogP contribution in [-0.4, -0.2) is 27.2 Å². The van der Waals surface area contributed by atoms with E-state index in [-0.39, 0.29) is 5.97 Å². The number of esters is 1. The molecule has 5 nitrogen and oxygen atoms in total.